The van der Waals surface area contributed by atoms with Crippen LogP contribution < -0.4 is 0 Å². The SMILES string of the molecule is Cc1ccc([S@](=O)[C@H](C[Si](C)(C)C)[C@H](O)c2ccccc2)cc1. The highest BCUT2D eigenvalue weighted by Gasteiger charge is 2.32. The van der Waals surface area contributed by atoms with Gasteiger partial charge in [-0.3, -0.25) is 4.21 Å². The van der Waals surface area contributed by atoms with Gasteiger partial charge in [-0.15, -0.1) is 0 Å². The lowest BCUT2D eigenvalue weighted by Gasteiger charge is -2.28. The van der Waals surface area contributed by atoms with Crippen molar-refractivity contribution in [2.75, 3.05) is 0 Å². The van der Waals surface area contributed by atoms with Crippen LogP contribution in [-0.2, 0) is 10.8 Å². The fraction of sp³-hybridized carbons (Fsp3) is 0.368. The molecule has 23 heavy (non-hydrogen) atoms. The lowest BCUT2D eigenvalue weighted by atomic mass is 10.1. The van der Waals surface area contributed by atoms with Gasteiger partial charge in [-0.05, 0) is 30.7 Å². The minimum absolute atomic E-state index is 0.272. The predicted octanol–water partition coefficient (Wildman–Crippen LogP) is 4.54. The first-order valence-corrected chi connectivity index (χ1v) is 12.9. The van der Waals surface area contributed by atoms with Crippen molar-refractivity contribution in [3.05, 3.63) is 65.7 Å². The van der Waals surface area contributed by atoms with E-state index in [1.165, 1.54) is 0 Å². The summed E-state index contributed by atoms with van der Waals surface area (Å²) in [7, 11) is -2.70. The summed E-state index contributed by atoms with van der Waals surface area (Å²) in [4.78, 5) is 0.800. The fourth-order valence-corrected chi connectivity index (χ4v) is 7.30. The van der Waals surface area contributed by atoms with Gasteiger partial charge in [0.15, 0.2) is 0 Å². The maximum atomic E-state index is 13.1. The molecule has 124 valence electrons. The van der Waals surface area contributed by atoms with Crippen molar-refractivity contribution in [1.82, 2.24) is 0 Å². The molecule has 0 bridgehead atoms. The van der Waals surface area contributed by atoms with Gasteiger partial charge in [-0.1, -0.05) is 67.7 Å². The van der Waals surface area contributed by atoms with E-state index in [9.17, 15) is 9.32 Å². The average molecular weight is 347 g/mol. The molecule has 1 N–H and O–H groups in total. The van der Waals surface area contributed by atoms with Crippen molar-refractivity contribution in [1.29, 1.82) is 0 Å². The van der Waals surface area contributed by atoms with E-state index in [1.54, 1.807) is 0 Å². The van der Waals surface area contributed by atoms with Crippen molar-refractivity contribution < 1.29 is 9.32 Å². The van der Waals surface area contributed by atoms with E-state index < -0.39 is 25.0 Å². The molecule has 0 saturated carbocycles. The molecule has 0 saturated heterocycles. The lowest BCUT2D eigenvalue weighted by Crippen LogP contribution is -2.33. The highest BCUT2D eigenvalue weighted by Crippen LogP contribution is 2.30. The standard InChI is InChI=1S/C19H26O2SSi/c1-15-10-12-17(13-11-15)22(21)18(14-23(2,3)4)19(20)16-8-6-5-7-9-16/h5-13,18-20H,14H2,1-4H3/t18-,19-,22+/m1/s1. The van der Waals surface area contributed by atoms with Gasteiger partial charge in [0.1, 0.15) is 0 Å². The van der Waals surface area contributed by atoms with Gasteiger partial charge in [0.05, 0.1) is 22.2 Å². The van der Waals surface area contributed by atoms with Crippen LogP contribution in [0.5, 0.6) is 0 Å². The zero-order valence-electron chi connectivity index (χ0n) is 14.3. The zero-order valence-corrected chi connectivity index (χ0v) is 16.1. The number of benzene rings is 2. The van der Waals surface area contributed by atoms with Crippen LogP contribution in [0, 0.1) is 6.92 Å². The maximum absolute atomic E-state index is 13.1. The maximum Gasteiger partial charge on any atom is 0.0934 e. The topological polar surface area (TPSA) is 37.3 Å². The quantitative estimate of drug-likeness (QED) is 0.780. The van der Waals surface area contributed by atoms with Crippen molar-refractivity contribution in [2.24, 2.45) is 0 Å². The normalized spacial score (nSPS) is 15.9. The van der Waals surface area contributed by atoms with E-state index in [1.807, 2.05) is 61.5 Å². The van der Waals surface area contributed by atoms with Crippen molar-refractivity contribution in [3.63, 3.8) is 0 Å². The van der Waals surface area contributed by atoms with E-state index in [-0.39, 0.29) is 5.25 Å². The molecule has 0 aliphatic carbocycles. The molecule has 2 rings (SSSR count). The third kappa shape index (κ3) is 5.13. The van der Waals surface area contributed by atoms with Gasteiger partial charge in [-0.25, -0.2) is 0 Å². The Balaban J connectivity index is 2.33. The molecule has 0 aromatic heterocycles. The molecule has 0 aliphatic rings. The van der Waals surface area contributed by atoms with Crippen molar-refractivity contribution >= 4 is 18.9 Å². The molecule has 0 radical (unpaired) electrons. The van der Waals surface area contributed by atoms with Gasteiger partial charge < -0.3 is 5.11 Å². The molecule has 2 aromatic carbocycles. The Hall–Kier alpha value is -1.23. The van der Waals surface area contributed by atoms with E-state index in [4.69, 9.17) is 0 Å². The molecular formula is C19H26O2SSi. The number of aliphatic hydroxyl groups excluding tert-OH is 1. The fourth-order valence-electron chi connectivity index (χ4n) is 2.62. The second-order valence-electron chi connectivity index (χ2n) is 7.27. The largest absolute Gasteiger partial charge is 0.387 e. The molecule has 0 fully saturated rings. The van der Waals surface area contributed by atoms with Crippen LogP contribution >= 0.6 is 0 Å². The summed E-state index contributed by atoms with van der Waals surface area (Å²) in [6.45, 7) is 8.78. The molecule has 0 aliphatic heterocycles. The number of rotatable bonds is 6. The molecule has 0 amide bonds. The van der Waals surface area contributed by atoms with Gasteiger partial charge in [-0.2, -0.15) is 0 Å². The third-order valence-corrected chi connectivity index (χ3v) is 7.51. The summed E-state index contributed by atoms with van der Waals surface area (Å²) >= 11 is 0. The summed E-state index contributed by atoms with van der Waals surface area (Å²) in [5.41, 5.74) is 1.99. The molecule has 2 nitrogen and oxygen atoms in total. The summed E-state index contributed by atoms with van der Waals surface area (Å²) in [6, 6.07) is 18.2. The van der Waals surface area contributed by atoms with Crippen LogP contribution in [0.15, 0.2) is 59.5 Å². The third-order valence-electron chi connectivity index (χ3n) is 3.84. The van der Waals surface area contributed by atoms with Crippen LogP contribution in [-0.4, -0.2) is 22.6 Å². The van der Waals surface area contributed by atoms with Gasteiger partial charge in [0.25, 0.3) is 0 Å². The molecule has 2 aromatic rings. The van der Waals surface area contributed by atoms with E-state index in [0.717, 1.165) is 22.1 Å². The Morgan fingerprint density at radius 3 is 2.09 bits per heavy atom. The molecule has 0 unspecified atom stereocenters. The second kappa shape index (κ2) is 7.56. The van der Waals surface area contributed by atoms with Crippen LogP contribution in [0.3, 0.4) is 0 Å². The molecule has 0 spiro atoms. The van der Waals surface area contributed by atoms with E-state index in [2.05, 4.69) is 19.6 Å². The Labute approximate surface area is 143 Å². The van der Waals surface area contributed by atoms with Crippen molar-refractivity contribution in [2.45, 2.75) is 48.9 Å². The first-order valence-electron chi connectivity index (χ1n) is 7.98. The smallest absolute Gasteiger partial charge is 0.0934 e. The monoisotopic (exact) mass is 346 g/mol. The Morgan fingerprint density at radius 2 is 1.57 bits per heavy atom. The molecule has 0 heterocycles. The molecule has 3 atom stereocenters. The van der Waals surface area contributed by atoms with Crippen LogP contribution in [0.25, 0.3) is 0 Å². The minimum atomic E-state index is -1.48. The van der Waals surface area contributed by atoms with Crippen LogP contribution in [0.2, 0.25) is 25.7 Å². The Kier molecular flexibility index (Phi) is 5.95. The number of hydrogen-bond acceptors (Lipinski definition) is 2. The van der Waals surface area contributed by atoms with Crippen molar-refractivity contribution in [3.8, 4) is 0 Å². The average Bonchev–Trinajstić information content (AvgIpc) is 2.52. The second-order valence-corrected chi connectivity index (χ2v) is 14.5. The number of aryl methyl sites for hydroxylation is 1. The van der Waals surface area contributed by atoms with E-state index >= 15 is 0 Å². The van der Waals surface area contributed by atoms with Gasteiger partial charge in [0.2, 0.25) is 0 Å². The van der Waals surface area contributed by atoms with Gasteiger partial charge >= 0.3 is 0 Å². The minimum Gasteiger partial charge on any atom is -0.387 e. The first-order chi connectivity index (χ1) is 10.8. The van der Waals surface area contributed by atoms with Crippen LogP contribution in [0.4, 0.5) is 0 Å². The zero-order chi connectivity index (χ0) is 17.0. The predicted molar refractivity (Wildman–Crippen MR) is 101 cm³/mol. The number of aliphatic hydroxyl groups is 1. The highest BCUT2D eigenvalue weighted by atomic mass is 32.2. The van der Waals surface area contributed by atoms with Crippen LogP contribution in [0.1, 0.15) is 17.2 Å². The Morgan fingerprint density at radius 1 is 1.00 bits per heavy atom. The molecular weight excluding hydrogens is 320 g/mol. The summed E-state index contributed by atoms with van der Waals surface area (Å²) in [5.74, 6) is 0. The summed E-state index contributed by atoms with van der Waals surface area (Å²) < 4.78 is 13.1. The Bertz CT molecular complexity index is 647. The first kappa shape index (κ1) is 18.1. The summed E-state index contributed by atoms with van der Waals surface area (Å²) in [5, 5.41) is 10.6. The highest BCUT2D eigenvalue weighted by molar-refractivity contribution is 7.85. The lowest BCUT2D eigenvalue weighted by molar-refractivity contribution is 0.177. The van der Waals surface area contributed by atoms with E-state index in [0.29, 0.717) is 0 Å². The molecule has 4 heteroatoms. The van der Waals surface area contributed by atoms with Gasteiger partial charge in [0, 0.05) is 13.0 Å². The number of hydrogen-bond donors (Lipinski definition) is 1. The summed E-state index contributed by atoms with van der Waals surface area (Å²) in [6.07, 6.45) is -0.704.